The first-order valence-corrected chi connectivity index (χ1v) is 6.67. The van der Waals surface area contributed by atoms with Gasteiger partial charge in [-0.15, -0.1) is 0 Å². The van der Waals surface area contributed by atoms with E-state index in [4.69, 9.17) is 4.74 Å². The fourth-order valence-electron chi connectivity index (χ4n) is 2.55. The van der Waals surface area contributed by atoms with Crippen LogP contribution in [0.25, 0.3) is 0 Å². The van der Waals surface area contributed by atoms with Gasteiger partial charge in [-0.05, 0) is 38.4 Å². The molecular weight excluding hydrogens is 226 g/mol. The van der Waals surface area contributed by atoms with Crippen molar-refractivity contribution in [3.63, 3.8) is 0 Å². The average molecular weight is 247 g/mol. The normalized spacial score (nSPS) is 19.9. The molecule has 1 aromatic rings. The van der Waals surface area contributed by atoms with E-state index in [2.05, 4.69) is 4.90 Å². The lowest BCUT2D eigenvalue weighted by Crippen LogP contribution is -2.34. The van der Waals surface area contributed by atoms with Crippen LogP contribution in [0.1, 0.15) is 26.2 Å². The SMILES string of the molecule is CC(=O)CC1CCCN1CCOc1ccccc1. The summed E-state index contributed by atoms with van der Waals surface area (Å²) in [6.07, 6.45) is 3.03. The van der Waals surface area contributed by atoms with Gasteiger partial charge >= 0.3 is 0 Å². The summed E-state index contributed by atoms with van der Waals surface area (Å²) < 4.78 is 5.69. The van der Waals surface area contributed by atoms with E-state index in [1.807, 2.05) is 30.3 Å². The topological polar surface area (TPSA) is 29.5 Å². The highest BCUT2D eigenvalue weighted by Gasteiger charge is 2.24. The van der Waals surface area contributed by atoms with Crippen LogP contribution in [-0.2, 0) is 4.79 Å². The number of ketones is 1. The standard InChI is InChI=1S/C15H21NO2/c1-13(17)12-14-6-5-9-16(14)10-11-18-15-7-3-2-4-8-15/h2-4,7-8,14H,5-6,9-12H2,1H3. The Bertz CT molecular complexity index is 377. The Morgan fingerprint density at radius 3 is 2.89 bits per heavy atom. The highest BCUT2D eigenvalue weighted by molar-refractivity contribution is 5.76. The van der Waals surface area contributed by atoms with Crippen LogP contribution < -0.4 is 4.74 Å². The number of likely N-dealkylation sites (tertiary alicyclic amines) is 1. The summed E-state index contributed by atoms with van der Waals surface area (Å²) in [7, 11) is 0. The van der Waals surface area contributed by atoms with Crippen molar-refractivity contribution in [3.8, 4) is 5.75 Å². The first-order valence-electron chi connectivity index (χ1n) is 6.67. The predicted molar refractivity (Wildman–Crippen MR) is 71.8 cm³/mol. The van der Waals surface area contributed by atoms with Crippen molar-refractivity contribution < 1.29 is 9.53 Å². The molecule has 2 rings (SSSR count). The number of rotatable bonds is 6. The number of benzene rings is 1. The van der Waals surface area contributed by atoms with Crippen molar-refractivity contribution in [1.82, 2.24) is 4.90 Å². The van der Waals surface area contributed by atoms with Crippen molar-refractivity contribution in [3.05, 3.63) is 30.3 Å². The molecule has 1 aliphatic heterocycles. The van der Waals surface area contributed by atoms with Crippen LogP contribution in [0.5, 0.6) is 5.75 Å². The fraction of sp³-hybridized carbons (Fsp3) is 0.533. The number of hydrogen-bond donors (Lipinski definition) is 0. The van der Waals surface area contributed by atoms with Gasteiger partial charge in [-0.1, -0.05) is 18.2 Å². The van der Waals surface area contributed by atoms with Crippen molar-refractivity contribution >= 4 is 5.78 Å². The van der Waals surface area contributed by atoms with Crippen molar-refractivity contribution in [2.24, 2.45) is 0 Å². The minimum atomic E-state index is 0.288. The molecule has 1 unspecified atom stereocenters. The third kappa shape index (κ3) is 3.84. The molecule has 0 saturated carbocycles. The average Bonchev–Trinajstić information content (AvgIpc) is 2.77. The molecule has 1 atom stereocenters. The summed E-state index contributed by atoms with van der Waals surface area (Å²) >= 11 is 0. The number of ether oxygens (including phenoxy) is 1. The maximum Gasteiger partial charge on any atom is 0.131 e. The number of hydrogen-bond acceptors (Lipinski definition) is 3. The lowest BCUT2D eigenvalue weighted by molar-refractivity contribution is -0.118. The van der Waals surface area contributed by atoms with Crippen molar-refractivity contribution in [2.75, 3.05) is 19.7 Å². The molecule has 0 N–H and O–H groups in total. The molecular formula is C15H21NO2. The molecule has 3 nitrogen and oxygen atoms in total. The smallest absolute Gasteiger partial charge is 0.131 e. The van der Waals surface area contributed by atoms with E-state index in [-0.39, 0.29) is 5.78 Å². The summed E-state index contributed by atoms with van der Waals surface area (Å²) in [4.78, 5) is 13.6. The maximum atomic E-state index is 11.2. The Morgan fingerprint density at radius 2 is 2.17 bits per heavy atom. The van der Waals surface area contributed by atoms with Gasteiger partial charge in [-0.3, -0.25) is 9.69 Å². The Kier molecular flexibility index (Phi) is 4.76. The quantitative estimate of drug-likeness (QED) is 0.773. The Morgan fingerprint density at radius 1 is 1.39 bits per heavy atom. The molecule has 0 radical (unpaired) electrons. The highest BCUT2D eigenvalue weighted by Crippen LogP contribution is 2.20. The fourth-order valence-corrected chi connectivity index (χ4v) is 2.55. The van der Waals surface area contributed by atoms with Crippen LogP contribution in [-0.4, -0.2) is 36.4 Å². The van der Waals surface area contributed by atoms with Crippen LogP contribution in [0, 0.1) is 0 Å². The molecule has 1 saturated heterocycles. The van der Waals surface area contributed by atoms with Gasteiger partial charge in [0.25, 0.3) is 0 Å². The molecule has 0 amide bonds. The Balaban J connectivity index is 1.74. The minimum absolute atomic E-state index is 0.288. The van der Waals surface area contributed by atoms with Crippen LogP contribution in [0.2, 0.25) is 0 Å². The van der Waals surface area contributed by atoms with E-state index < -0.39 is 0 Å². The maximum absolute atomic E-state index is 11.2. The first kappa shape index (κ1) is 13.1. The molecule has 18 heavy (non-hydrogen) atoms. The van der Waals surface area contributed by atoms with Crippen LogP contribution in [0.15, 0.2) is 30.3 Å². The molecule has 0 aromatic heterocycles. The second kappa shape index (κ2) is 6.55. The zero-order chi connectivity index (χ0) is 12.8. The monoisotopic (exact) mass is 247 g/mol. The van der Waals surface area contributed by atoms with Gasteiger partial charge in [0.15, 0.2) is 0 Å². The van der Waals surface area contributed by atoms with Crippen LogP contribution in [0.3, 0.4) is 0 Å². The van der Waals surface area contributed by atoms with Gasteiger partial charge in [0.2, 0.25) is 0 Å². The van der Waals surface area contributed by atoms with Gasteiger partial charge in [-0.2, -0.15) is 0 Å². The van der Waals surface area contributed by atoms with E-state index in [1.54, 1.807) is 6.92 Å². The molecule has 1 heterocycles. The summed E-state index contributed by atoms with van der Waals surface area (Å²) in [5.74, 6) is 1.20. The van der Waals surface area contributed by atoms with E-state index >= 15 is 0 Å². The van der Waals surface area contributed by atoms with E-state index in [1.165, 1.54) is 6.42 Å². The lowest BCUT2D eigenvalue weighted by Gasteiger charge is -2.23. The van der Waals surface area contributed by atoms with Gasteiger partial charge in [0.1, 0.15) is 18.1 Å². The van der Waals surface area contributed by atoms with Crippen LogP contribution >= 0.6 is 0 Å². The van der Waals surface area contributed by atoms with Gasteiger partial charge in [-0.25, -0.2) is 0 Å². The molecule has 1 fully saturated rings. The molecule has 1 aromatic carbocycles. The van der Waals surface area contributed by atoms with Crippen LogP contribution in [0.4, 0.5) is 0 Å². The summed E-state index contributed by atoms with van der Waals surface area (Å²) in [5.41, 5.74) is 0. The molecule has 98 valence electrons. The largest absolute Gasteiger partial charge is 0.492 e. The molecule has 1 aliphatic rings. The van der Waals surface area contributed by atoms with Gasteiger partial charge in [0.05, 0.1) is 0 Å². The third-order valence-corrected chi connectivity index (χ3v) is 3.41. The van der Waals surface area contributed by atoms with Crippen molar-refractivity contribution in [1.29, 1.82) is 0 Å². The van der Waals surface area contributed by atoms with E-state index in [9.17, 15) is 4.79 Å². The number of para-hydroxylation sites is 1. The van der Waals surface area contributed by atoms with Gasteiger partial charge < -0.3 is 4.74 Å². The van der Waals surface area contributed by atoms with E-state index in [0.717, 1.165) is 25.3 Å². The zero-order valence-electron chi connectivity index (χ0n) is 11.0. The first-order chi connectivity index (χ1) is 8.75. The molecule has 0 bridgehead atoms. The molecule has 0 aliphatic carbocycles. The second-order valence-electron chi connectivity index (χ2n) is 4.90. The highest BCUT2D eigenvalue weighted by atomic mass is 16.5. The Labute approximate surface area is 109 Å². The third-order valence-electron chi connectivity index (χ3n) is 3.41. The lowest BCUT2D eigenvalue weighted by atomic mass is 10.1. The summed E-state index contributed by atoms with van der Waals surface area (Å²) in [6.45, 7) is 4.37. The second-order valence-corrected chi connectivity index (χ2v) is 4.90. The van der Waals surface area contributed by atoms with Gasteiger partial charge in [0, 0.05) is 19.0 Å². The molecule has 0 spiro atoms. The zero-order valence-corrected chi connectivity index (χ0v) is 11.0. The van der Waals surface area contributed by atoms with E-state index in [0.29, 0.717) is 19.1 Å². The molecule has 3 heteroatoms. The Hall–Kier alpha value is -1.35. The number of Topliss-reactive ketones (excluding diaryl/α,β-unsaturated/α-hetero) is 1. The van der Waals surface area contributed by atoms with Crippen molar-refractivity contribution in [2.45, 2.75) is 32.2 Å². The predicted octanol–water partition coefficient (Wildman–Crippen LogP) is 2.51. The minimum Gasteiger partial charge on any atom is -0.492 e. The number of carbonyl (C=O) groups is 1. The number of nitrogens with zero attached hydrogens (tertiary/aromatic N) is 1. The summed E-state index contributed by atoms with van der Waals surface area (Å²) in [6, 6.07) is 10.3. The number of carbonyl (C=O) groups excluding carboxylic acids is 1. The summed E-state index contributed by atoms with van der Waals surface area (Å²) in [5, 5.41) is 0.